The quantitative estimate of drug-likeness (QED) is 0.438. The van der Waals surface area contributed by atoms with Crippen LogP contribution < -0.4 is 9.47 Å². The van der Waals surface area contributed by atoms with E-state index in [1.54, 1.807) is 38.1 Å². The number of carbonyl (C=O) groups excluding carboxylic acids is 2. The van der Waals surface area contributed by atoms with Crippen LogP contribution in [-0.4, -0.2) is 11.8 Å². The van der Waals surface area contributed by atoms with Gasteiger partial charge in [0.2, 0.25) is 5.78 Å². The van der Waals surface area contributed by atoms with Gasteiger partial charge in [-0.1, -0.05) is 48.0 Å². The van der Waals surface area contributed by atoms with E-state index in [0.717, 1.165) is 10.0 Å². The summed E-state index contributed by atoms with van der Waals surface area (Å²) >= 11 is 3.44. The minimum atomic E-state index is -0.330. The van der Waals surface area contributed by atoms with E-state index >= 15 is 0 Å². The van der Waals surface area contributed by atoms with Gasteiger partial charge in [-0.15, -0.1) is 0 Å². The normalized spacial score (nSPS) is 14.7. The molecule has 0 unspecified atom stereocenters. The van der Waals surface area contributed by atoms with Gasteiger partial charge in [-0.2, -0.15) is 0 Å². The van der Waals surface area contributed by atoms with E-state index in [2.05, 4.69) is 15.9 Å². The zero-order chi connectivity index (χ0) is 17.3. The average molecular weight is 387 g/mol. The second kappa shape index (κ2) is 6.61. The van der Waals surface area contributed by atoms with Gasteiger partial charge in [-0.3, -0.25) is 9.59 Å². The SMILES string of the molecule is CC(C)C(=O)Oc1ccc2c(c1)O/C(=C\c1ccccc1Br)C2=O. The Morgan fingerprint density at radius 2 is 1.96 bits per heavy atom. The highest BCUT2D eigenvalue weighted by Gasteiger charge is 2.28. The number of halogens is 1. The molecule has 0 saturated heterocycles. The topological polar surface area (TPSA) is 52.6 Å². The van der Waals surface area contributed by atoms with Gasteiger partial charge in [-0.05, 0) is 29.8 Å². The molecule has 2 aromatic rings. The molecule has 3 rings (SSSR count). The largest absolute Gasteiger partial charge is 0.452 e. The van der Waals surface area contributed by atoms with Crippen molar-refractivity contribution in [1.29, 1.82) is 0 Å². The van der Waals surface area contributed by atoms with Gasteiger partial charge in [0.15, 0.2) is 5.76 Å². The first-order valence-corrected chi connectivity index (χ1v) is 8.29. The van der Waals surface area contributed by atoms with Crippen molar-refractivity contribution in [3.05, 3.63) is 63.8 Å². The van der Waals surface area contributed by atoms with E-state index in [-0.39, 0.29) is 23.4 Å². The van der Waals surface area contributed by atoms with Gasteiger partial charge in [-0.25, -0.2) is 0 Å². The molecule has 24 heavy (non-hydrogen) atoms. The molecule has 1 aliphatic rings. The number of hydrogen-bond acceptors (Lipinski definition) is 4. The standard InChI is InChI=1S/C19H15BrO4/c1-11(2)19(22)23-13-7-8-14-16(10-13)24-17(18(14)21)9-12-5-3-4-6-15(12)20/h3-11H,1-2H3/b17-9-. The minimum Gasteiger partial charge on any atom is -0.452 e. The second-order valence-corrected chi connectivity index (χ2v) is 6.55. The molecule has 0 aliphatic carbocycles. The number of ether oxygens (including phenoxy) is 2. The van der Waals surface area contributed by atoms with Crippen molar-refractivity contribution in [2.75, 3.05) is 0 Å². The number of ketones is 1. The third-order valence-electron chi connectivity index (χ3n) is 3.52. The maximum absolute atomic E-state index is 12.4. The molecule has 0 radical (unpaired) electrons. The average Bonchev–Trinajstić information content (AvgIpc) is 2.85. The van der Waals surface area contributed by atoms with Crippen LogP contribution in [0.4, 0.5) is 0 Å². The van der Waals surface area contributed by atoms with Crippen molar-refractivity contribution >= 4 is 33.8 Å². The first-order valence-electron chi connectivity index (χ1n) is 7.50. The lowest BCUT2D eigenvalue weighted by Crippen LogP contribution is -2.14. The number of rotatable bonds is 3. The van der Waals surface area contributed by atoms with Gasteiger partial charge in [0, 0.05) is 10.5 Å². The second-order valence-electron chi connectivity index (χ2n) is 5.70. The molecule has 0 bridgehead atoms. The molecule has 4 nitrogen and oxygen atoms in total. The fraction of sp³-hybridized carbons (Fsp3) is 0.158. The highest BCUT2D eigenvalue weighted by atomic mass is 79.9. The lowest BCUT2D eigenvalue weighted by molar-refractivity contribution is -0.137. The predicted molar refractivity (Wildman–Crippen MR) is 94.0 cm³/mol. The maximum atomic E-state index is 12.4. The number of fused-ring (bicyclic) bond motifs is 1. The summed E-state index contributed by atoms with van der Waals surface area (Å²) in [6.07, 6.45) is 1.69. The van der Waals surface area contributed by atoms with Crippen molar-refractivity contribution in [3.63, 3.8) is 0 Å². The van der Waals surface area contributed by atoms with Gasteiger partial charge >= 0.3 is 5.97 Å². The molecular weight excluding hydrogens is 372 g/mol. The van der Waals surface area contributed by atoms with E-state index in [1.807, 2.05) is 24.3 Å². The van der Waals surface area contributed by atoms with Crippen LogP contribution in [-0.2, 0) is 4.79 Å². The van der Waals surface area contributed by atoms with Crippen LogP contribution in [0.3, 0.4) is 0 Å². The van der Waals surface area contributed by atoms with Crippen LogP contribution in [0.2, 0.25) is 0 Å². The molecule has 0 N–H and O–H groups in total. The molecule has 0 aromatic heterocycles. The Morgan fingerprint density at radius 3 is 2.67 bits per heavy atom. The van der Waals surface area contributed by atoms with Crippen molar-refractivity contribution in [1.82, 2.24) is 0 Å². The van der Waals surface area contributed by atoms with Crippen molar-refractivity contribution in [3.8, 4) is 11.5 Å². The first-order chi connectivity index (χ1) is 11.5. The molecular formula is C19H15BrO4. The summed E-state index contributed by atoms with van der Waals surface area (Å²) in [5.41, 5.74) is 1.30. The van der Waals surface area contributed by atoms with Crippen molar-refractivity contribution < 1.29 is 19.1 Å². The fourth-order valence-electron chi connectivity index (χ4n) is 2.20. The summed E-state index contributed by atoms with van der Waals surface area (Å²) in [5, 5.41) is 0. The van der Waals surface area contributed by atoms with Crippen LogP contribution in [0.15, 0.2) is 52.7 Å². The van der Waals surface area contributed by atoms with E-state index in [4.69, 9.17) is 9.47 Å². The summed E-state index contributed by atoms with van der Waals surface area (Å²) in [4.78, 5) is 24.1. The molecule has 1 aliphatic heterocycles. The Kier molecular flexibility index (Phi) is 4.53. The summed E-state index contributed by atoms with van der Waals surface area (Å²) in [7, 11) is 0. The molecule has 0 spiro atoms. The Bertz CT molecular complexity index is 852. The molecule has 122 valence electrons. The van der Waals surface area contributed by atoms with Crippen LogP contribution in [0, 0.1) is 5.92 Å². The third kappa shape index (κ3) is 3.26. The summed E-state index contributed by atoms with van der Waals surface area (Å²) in [5.74, 6) is 0.247. The van der Waals surface area contributed by atoms with Crippen molar-refractivity contribution in [2.45, 2.75) is 13.8 Å². The van der Waals surface area contributed by atoms with Gasteiger partial charge < -0.3 is 9.47 Å². The molecule has 0 saturated carbocycles. The Hall–Kier alpha value is -2.40. The molecule has 1 heterocycles. The first kappa shape index (κ1) is 16.5. The van der Waals surface area contributed by atoms with Gasteiger partial charge in [0.05, 0.1) is 11.5 Å². The highest BCUT2D eigenvalue weighted by Crippen LogP contribution is 2.35. The number of benzene rings is 2. The zero-order valence-corrected chi connectivity index (χ0v) is 14.8. The summed E-state index contributed by atoms with van der Waals surface area (Å²) in [6.45, 7) is 3.52. The minimum absolute atomic E-state index is 0.192. The van der Waals surface area contributed by atoms with Gasteiger partial charge in [0.25, 0.3) is 0 Å². The monoisotopic (exact) mass is 386 g/mol. The number of hydrogen-bond donors (Lipinski definition) is 0. The molecule has 0 fully saturated rings. The van der Waals surface area contributed by atoms with Crippen LogP contribution in [0.25, 0.3) is 6.08 Å². The zero-order valence-electron chi connectivity index (χ0n) is 13.2. The predicted octanol–water partition coefficient (Wildman–Crippen LogP) is 4.63. The number of Topliss-reactive ketones (excluding diaryl/α,β-unsaturated/α-hetero) is 1. The fourth-order valence-corrected chi connectivity index (χ4v) is 2.60. The molecule has 5 heteroatoms. The van der Waals surface area contributed by atoms with Gasteiger partial charge in [0.1, 0.15) is 11.5 Å². The molecule has 0 amide bonds. The Balaban J connectivity index is 1.88. The van der Waals surface area contributed by atoms with E-state index in [1.165, 1.54) is 0 Å². The number of carbonyl (C=O) groups is 2. The summed E-state index contributed by atoms with van der Waals surface area (Å²) < 4.78 is 11.8. The Labute approximate surface area is 148 Å². The molecule has 2 aromatic carbocycles. The highest BCUT2D eigenvalue weighted by molar-refractivity contribution is 9.10. The lowest BCUT2D eigenvalue weighted by atomic mass is 10.1. The Morgan fingerprint density at radius 1 is 1.21 bits per heavy atom. The lowest BCUT2D eigenvalue weighted by Gasteiger charge is -2.07. The van der Waals surface area contributed by atoms with E-state index in [9.17, 15) is 9.59 Å². The third-order valence-corrected chi connectivity index (χ3v) is 4.25. The van der Waals surface area contributed by atoms with Crippen LogP contribution in [0.5, 0.6) is 11.5 Å². The van der Waals surface area contributed by atoms with Crippen LogP contribution in [0.1, 0.15) is 29.8 Å². The molecule has 0 atom stereocenters. The van der Waals surface area contributed by atoms with E-state index in [0.29, 0.717) is 17.1 Å². The smallest absolute Gasteiger partial charge is 0.313 e. The van der Waals surface area contributed by atoms with Crippen LogP contribution >= 0.6 is 15.9 Å². The summed E-state index contributed by atoms with van der Waals surface area (Å²) in [6, 6.07) is 12.3. The number of esters is 1. The number of allylic oxidation sites excluding steroid dienone is 1. The maximum Gasteiger partial charge on any atom is 0.313 e. The van der Waals surface area contributed by atoms with E-state index < -0.39 is 0 Å². The van der Waals surface area contributed by atoms with Crippen molar-refractivity contribution in [2.24, 2.45) is 5.92 Å².